The number of benzene rings is 2. The molecule has 2 aromatic carbocycles. The lowest BCUT2D eigenvalue weighted by atomic mass is 9.81. The predicted molar refractivity (Wildman–Crippen MR) is 82.4 cm³/mol. The smallest absolute Gasteiger partial charge is 0.138 e. The lowest BCUT2D eigenvalue weighted by Crippen LogP contribution is -2.25. The van der Waals surface area contributed by atoms with Crippen LogP contribution in [0.25, 0.3) is 10.8 Å². The Morgan fingerprint density at radius 1 is 1.14 bits per heavy atom. The van der Waals surface area contributed by atoms with Crippen molar-refractivity contribution >= 4 is 16.6 Å². The summed E-state index contributed by atoms with van der Waals surface area (Å²) in [5.74, 6) is 0.774. The molecule has 0 amide bonds. The van der Waals surface area contributed by atoms with Crippen LogP contribution in [0.2, 0.25) is 0 Å². The molecule has 0 spiro atoms. The molecule has 3 rings (SSSR count). The number of hydrogen-bond donors (Lipinski definition) is 1. The average Bonchev–Trinajstić information content (AvgIpc) is 2.53. The van der Waals surface area contributed by atoms with Gasteiger partial charge in [-0.1, -0.05) is 24.6 Å². The van der Waals surface area contributed by atoms with Crippen LogP contribution in [0.3, 0.4) is 0 Å². The first-order chi connectivity index (χ1) is 10.2. The molecule has 0 aromatic heterocycles. The molecular weight excluding hydrogens is 264 g/mol. The highest BCUT2D eigenvalue weighted by Gasteiger charge is 2.29. The van der Waals surface area contributed by atoms with Gasteiger partial charge in [-0.05, 0) is 47.4 Å². The molecule has 110 valence electrons. The van der Waals surface area contributed by atoms with E-state index in [0.717, 1.165) is 41.3 Å². The third-order valence-corrected chi connectivity index (χ3v) is 4.40. The number of rotatable bonds is 3. The zero-order valence-electron chi connectivity index (χ0n) is 12.2. The van der Waals surface area contributed by atoms with Crippen molar-refractivity contribution in [3.05, 3.63) is 42.0 Å². The molecular formula is C18H20O3. The highest BCUT2D eigenvalue weighted by atomic mass is 16.5. The van der Waals surface area contributed by atoms with E-state index in [1.165, 1.54) is 0 Å². The third kappa shape index (κ3) is 2.79. The number of hydrogen-bond acceptors (Lipinski definition) is 3. The Balaban J connectivity index is 1.91. The predicted octanol–water partition coefficient (Wildman–Crippen LogP) is 3.64. The van der Waals surface area contributed by atoms with Gasteiger partial charge in [-0.15, -0.1) is 0 Å². The summed E-state index contributed by atoms with van der Waals surface area (Å²) in [5.41, 5.74) is 0.827. The summed E-state index contributed by atoms with van der Waals surface area (Å²) in [6, 6.07) is 11.7. The first kappa shape index (κ1) is 14.1. The van der Waals surface area contributed by atoms with Gasteiger partial charge in [0.2, 0.25) is 0 Å². The molecule has 0 heterocycles. The van der Waals surface area contributed by atoms with Crippen LogP contribution < -0.4 is 4.74 Å². The van der Waals surface area contributed by atoms with Crippen molar-refractivity contribution in [3.63, 3.8) is 0 Å². The summed E-state index contributed by atoms with van der Waals surface area (Å²) < 4.78 is 5.22. The topological polar surface area (TPSA) is 46.5 Å². The summed E-state index contributed by atoms with van der Waals surface area (Å²) in [7, 11) is 1.65. The molecule has 21 heavy (non-hydrogen) atoms. The van der Waals surface area contributed by atoms with Crippen molar-refractivity contribution in [3.8, 4) is 5.75 Å². The molecule has 0 unspecified atom stereocenters. The number of methoxy groups -OCH3 is 1. The molecule has 1 fully saturated rings. The summed E-state index contributed by atoms with van der Waals surface area (Å²) in [4.78, 5) is 12.0. The number of carbonyl (C=O) groups excluding carboxylic acids is 1. The van der Waals surface area contributed by atoms with Gasteiger partial charge in [0.15, 0.2) is 0 Å². The van der Waals surface area contributed by atoms with Crippen LogP contribution in [0.1, 0.15) is 37.4 Å². The van der Waals surface area contributed by atoms with Gasteiger partial charge in [0.25, 0.3) is 0 Å². The average molecular weight is 284 g/mol. The van der Waals surface area contributed by atoms with Crippen LogP contribution in [0, 0.1) is 5.92 Å². The molecule has 1 N–H and O–H groups in total. The van der Waals surface area contributed by atoms with E-state index in [0.29, 0.717) is 6.42 Å². The number of ketones is 1. The molecule has 0 bridgehead atoms. The Kier molecular flexibility index (Phi) is 3.93. The maximum absolute atomic E-state index is 12.0. The molecule has 0 radical (unpaired) electrons. The van der Waals surface area contributed by atoms with Gasteiger partial charge in [-0.25, -0.2) is 0 Å². The molecule has 3 heteroatoms. The molecule has 2 atom stereocenters. The fraction of sp³-hybridized carbons (Fsp3) is 0.389. The Hall–Kier alpha value is -1.87. The third-order valence-electron chi connectivity index (χ3n) is 4.40. The van der Waals surface area contributed by atoms with Crippen molar-refractivity contribution in [1.82, 2.24) is 0 Å². The number of aliphatic hydroxyl groups excluding tert-OH is 1. The van der Waals surface area contributed by atoms with Crippen LogP contribution in [0.15, 0.2) is 36.4 Å². The van der Waals surface area contributed by atoms with Crippen molar-refractivity contribution < 1.29 is 14.6 Å². The van der Waals surface area contributed by atoms with E-state index >= 15 is 0 Å². The highest BCUT2D eigenvalue weighted by Crippen LogP contribution is 2.33. The number of Topliss-reactive ketones (excluding diaryl/α,β-unsaturated/α-hetero) is 1. The monoisotopic (exact) mass is 284 g/mol. The number of fused-ring (bicyclic) bond motifs is 1. The zero-order chi connectivity index (χ0) is 14.8. The van der Waals surface area contributed by atoms with Gasteiger partial charge in [0.1, 0.15) is 11.5 Å². The maximum Gasteiger partial charge on any atom is 0.138 e. The molecule has 1 aliphatic rings. The normalized spacial score (nSPS) is 20.5. The maximum atomic E-state index is 12.0. The van der Waals surface area contributed by atoms with E-state index in [1.807, 2.05) is 36.4 Å². The minimum atomic E-state index is -0.690. The van der Waals surface area contributed by atoms with Crippen molar-refractivity contribution in [2.24, 2.45) is 5.92 Å². The van der Waals surface area contributed by atoms with E-state index in [9.17, 15) is 9.90 Å². The number of carbonyl (C=O) groups is 1. The standard InChI is InChI=1S/C18H20O3/c1-21-15-9-8-12-10-14(7-6-13(12)11-15)18(20)16-4-2-3-5-17(16)19/h6-11,16,18,20H,2-5H2,1H3/t16-,18+/m0/s1. The van der Waals surface area contributed by atoms with Crippen LogP contribution in [0.5, 0.6) is 5.75 Å². The number of ether oxygens (including phenoxy) is 1. The summed E-state index contributed by atoms with van der Waals surface area (Å²) >= 11 is 0. The van der Waals surface area contributed by atoms with Crippen molar-refractivity contribution in [2.75, 3.05) is 7.11 Å². The lowest BCUT2D eigenvalue weighted by molar-refractivity contribution is -0.128. The minimum Gasteiger partial charge on any atom is -0.497 e. The Bertz CT molecular complexity index is 663. The van der Waals surface area contributed by atoms with Crippen molar-refractivity contribution in [2.45, 2.75) is 31.8 Å². The molecule has 3 nitrogen and oxygen atoms in total. The second-order valence-corrected chi connectivity index (χ2v) is 5.74. The molecule has 1 aliphatic carbocycles. The van der Waals surface area contributed by atoms with E-state index in [4.69, 9.17) is 4.74 Å². The van der Waals surface area contributed by atoms with E-state index < -0.39 is 6.10 Å². The van der Waals surface area contributed by atoms with E-state index in [1.54, 1.807) is 7.11 Å². The number of aliphatic hydroxyl groups is 1. The van der Waals surface area contributed by atoms with E-state index in [-0.39, 0.29) is 11.7 Å². The van der Waals surface area contributed by atoms with Gasteiger partial charge < -0.3 is 9.84 Å². The van der Waals surface area contributed by atoms with Crippen molar-refractivity contribution in [1.29, 1.82) is 0 Å². The Morgan fingerprint density at radius 3 is 2.67 bits per heavy atom. The van der Waals surface area contributed by atoms with Gasteiger partial charge in [-0.3, -0.25) is 4.79 Å². The zero-order valence-corrected chi connectivity index (χ0v) is 12.2. The minimum absolute atomic E-state index is 0.198. The summed E-state index contributed by atoms with van der Waals surface area (Å²) in [6.07, 6.45) is 2.69. The van der Waals surface area contributed by atoms with Crippen LogP contribution in [0.4, 0.5) is 0 Å². The molecule has 0 saturated heterocycles. The second kappa shape index (κ2) is 5.86. The fourth-order valence-electron chi connectivity index (χ4n) is 3.13. The van der Waals surface area contributed by atoms with Gasteiger partial charge in [0.05, 0.1) is 13.2 Å². The molecule has 1 saturated carbocycles. The van der Waals surface area contributed by atoms with Crippen LogP contribution >= 0.6 is 0 Å². The Labute approximate surface area is 124 Å². The first-order valence-corrected chi connectivity index (χ1v) is 7.47. The van der Waals surface area contributed by atoms with Gasteiger partial charge >= 0.3 is 0 Å². The van der Waals surface area contributed by atoms with E-state index in [2.05, 4.69) is 0 Å². The highest BCUT2D eigenvalue weighted by molar-refractivity contribution is 5.85. The fourth-order valence-corrected chi connectivity index (χ4v) is 3.13. The largest absolute Gasteiger partial charge is 0.497 e. The summed E-state index contributed by atoms with van der Waals surface area (Å²) in [6.45, 7) is 0. The van der Waals surface area contributed by atoms with Gasteiger partial charge in [-0.2, -0.15) is 0 Å². The summed E-state index contributed by atoms with van der Waals surface area (Å²) in [5, 5.41) is 12.7. The molecule has 0 aliphatic heterocycles. The van der Waals surface area contributed by atoms with Crippen LogP contribution in [-0.2, 0) is 4.79 Å². The second-order valence-electron chi connectivity index (χ2n) is 5.74. The van der Waals surface area contributed by atoms with Gasteiger partial charge in [0, 0.05) is 12.3 Å². The van der Waals surface area contributed by atoms with Crippen LogP contribution in [-0.4, -0.2) is 18.0 Å². The first-order valence-electron chi connectivity index (χ1n) is 7.47. The lowest BCUT2D eigenvalue weighted by Gasteiger charge is -2.25. The quantitative estimate of drug-likeness (QED) is 0.936. The SMILES string of the molecule is COc1ccc2cc([C@@H](O)[C@H]3CCCCC3=O)ccc2c1. The molecule has 2 aromatic rings. The Morgan fingerprint density at radius 2 is 1.90 bits per heavy atom.